The third-order valence-corrected chi connectivity index (χ3v) is 3.79. The molecule has 0 unspecified atom stereocenters. The molecule has 0 aliphatic carbocycles. The van der Waals surface area contributed by atoms with Crippen LogP contribution in [0.1, 0.15) is 30.5 Å². The van der Waals surface area contributed by atoms with Gasteiger partial charge in [-0.2, -0.15) is 4.98 Å². The van der Waals surface area contributed by atoms with Gasteiger partial charge in [0.25, 0.3) is 0 Å². The van der Waals surface area contributed by atoms with Gasteiger partial charge in [0, 0.05) is 45.2 Å². The summed E-state index contributed by atoms with van der Waals surface area (Å²) in [4.78, 5) is 11.7. The average Bonchev–Trinajstić information content (AvgIpc) is 2.47. The van der Waals surface area contributed by atoms with Crippen LogP contribution in [0, 0.1) is 0 Å². The Balaban J connectivity index is 1.99. The molecular formula is C13H21N5. The molecule has 0 spiro atoms. The molecule has 5 heteroatoms. The Kier molecular flexibility index (Phi) is 3.32. The quantitative estimate of drug-likeness (QED) is 0.821. The first-order valence-corrected chi connectivity index (χ1v) is 6.91. The standard InChI is InChI=1S/C13H21N5/c1-14-13-16-11-5-6-15-9-10(11)12(17-13)18-7-3-2-4-8-18/h15H,2-9H2,1H3,(H,14,16,17). The van der Waals surface area contributed by atoms with E-state index in [9.17, 15) is 0 Å². The number of aromatic nitrogens is 2. The molecule has 98 valence electrons. The van der Waals surface area contributed by atoms with E-state index in [2.05, 4.69) is 20.5 Å². The first kappa shape index (κ1) is 11.7. The zero-order valence-corrected chi connectivity index (χ0v) is 11.0. The second-order valence-corrected chi connectivity index (χ2v) is 5.02. The molecule has 0 aromatic carbocycles. The van der Waals surface area contributed by atoms with Crippen molar-refractivity contribution in [1.29, 1.82) is 0 Å². The van der Waals surface area contributed by atoms with Crippen LogP contribution in [0.15, 0.2) is 0 Å². The molecule has 0 amide bonds. The second-order valence-electron chi connectivity index (χ2n) is 5.02. The van der Waals surface area contributed by atoms with Crippen LogP contribution in [0.3, 0.4) is 0 Å². The molecule has 3 heterocycles. The average molecular weight is 247 g/mol. The first-order valence-electron chi connectivity index (χ1n) is 6.91. The van der Waals surface area contributed by atoms with Crippen LogP contribution in [0.5, 0.6) is 0 Å². The van der Waals surface area contributed by atoms with Gasteiger partial charge in [-0.05, 0) is 19.3 Å². The molecule has 0 atom stereocenters. The van der Waals surface area contributed by atoms with Crippen molar-refractivity contribution in [3.05, 3.63) is 11.3 Å². The van der Waals surface area contributed by atoms with Gasteiger partial charge < -0.3 is 15.5 Å². The van der Waals surface area contributed by atoms with Gasteiger partial charge in [0.05, 0.1) is 5.69 Å². The van der Waals surface area contributed by atoms with Crippen LogP contribution in [-0.4, -0.2) is 36.6 Å². The Morgan fingerprint density at radius 2 is 2.00 bits per heavy atom. The highest BCUT2D eigenvalue weighted by molar-refractivity contribution is 5.53. The van der Waals surface area contributed by atoms with E-state index in [0.29, 0.717) is 0 Å². The third kappa shape index (κ3) is 2.14. The van der Waals surface area contributed by atoms with Crippen molar-refractivity contribution in [3.63, 3.8) is 0 Å². The van der Waals surface area contributed by atoms with Crippen LogP contribution < -0.4 is 15.5 Å². The lowest BCUT2D eigenvalue weighted by Gasteiger charge is -2.31. The Labute approximate surface area is 108 Å². The number of rotatable bonds is 2. The van der Waals surface area contributed by atoms with E-state index in [0.717, 1.165) is 44.4 Å². The fourth-order valence-corrected chi connectivity index (χ4v) is 2.80. The van der Waals surface area contributed by atoms with Crippen molar-refractivity contribution in [1.82, 2.24) is 15.3 Å². The summed E-state index contributed by atoms with van der Waals surface area (Å²) in [6.45, 7) is 4.19. The number of nitrogens with one attached hydrogen (secondary N) is 2. The number of piperidine rings is 1. The van der Waals surface area contributed by atoms with E-state index in [4.69, 9.17) is 4.98 Å². The summed E-state index contributed by atoms with van der Waals surface area (Å²) in [5.41, 5.74) is 2.52. The highest BCUT2D eigenvalue weighted by atomic mass is 15.2. The van der Waals surface area contributed by atoms with Crippen LogP contribution in [0.25, 0.3) is 0 Å². The molecule has 5 nitrogen and oxygen atoms in total. The summed E-state index contributed by atoms with van der Waals surface area (Å²) in [6.07, 6.45) is 4.91. The smallest absolute Gasteiger partial charge is 0.224 e. The molecule has 2 N–H and O–H groups in total. The minimum atomic E-state index is 0.760. The van der Waals surface area contributed by atoms with Crippen molar-refractivity contribution in [3.8, 4) is 0 Å². The summed E-state index contributed by atoms with van der Waals surface area (Å²) in [5.74, 6) is 1.91. The van der Waals surface area contributed by atoms with Crippen molar-refractivity contribution < 1.29 is 0 Å². The van der Waals surface area contributed by atoms with E-state index in [-0.39, 0.29) is 0 Å². The molecule has 1 saturated heterocycles. The molecule has 0 saturated carbocycles. The zero-order valence-electron chi connectivity index (χ0n) is 11.0. The number of fused-ring (bicyclic) bond motifs is 1. The lowest BCUT2D eigenvalue weighted by Crippen LogP contribution is -2.34. The van der Waals surface area contributed by atoms with Crippen LogP contribution in [0.2, 0.25) is 0 Å². The molecule has 0 radical (unpaired) electrons. The van der Waals surface area contributed by atoms with Gasteiger partial charge in [0.2, 0.25) is 5.95 Å². The minimum Gasteiger partial charge on any atom is -0.357 e. The third-order valence-electron chi connectivity index (χ3n) is 3.79. The summed E-state index contributed by atoms with van der Waals surface area (Å²) >= 11 is 0. The van der Waals surface area contributed by atoms with E-state index in [1.807, 2.05) is 7.05 Å². The molecule has 2 aliphatic heterocycles. The Morgan fingerprint density at radius 1 is 1.17 bits per heavy atom. The molecule has 18 heavy (non-hydrogen) atoms. The van der Waals surface area contributed by atoms with Gasteiger partial charge in [-0.25, -0.2) is 4.98 Å². The lowest BCUT2D eigenvalue weighted by molar-refractivity contribution is 0.562. The van der Waals surface area contributed by atoms with E-state index in [1.165, 1.54) is 30.5 Å². The number of nitrogens with zero attached hydrogens (tertiary/aromatic N) is 3. The fourth-order valence-electron chi connectivity index (χ4n) is 2.80. The van der Waals surface area contributed by atoms with Crippen LogP contribution in [-0.2, 0) is 13.0 Å². The predicted octanol–water partition coefficient (Wildman–Crippen LogP) is 1.15. The highest BCUT2D eigenvalue weighted by Gasteiger charge is 2.22. The van der Waals surface area contributed by atoms with Gasteiger partial charge in [-0.3, -0.25) is 0 Å². The lowest BCUT2D eigenvalue weighted by atomic mass is 10.1. The predicted molar refractivity (Wildman–Crippen MR) is 73.1 cm³/mol. The Hall–Kier alpha value is -1.36. The highest BCUT2D eigenvalue weighted by Crippen LogP contribution is 2.27. The van der Waals surface area contributed by atoms with Crippen LogP contribution in [0.4, 0.5) is 11.8 Å². The van der Waals surface area contributed by atoms with E-state index >= 15 is 0 Å². The molecule has 3 rings (SSSR count). The monoisotopic (exact) mass is 247 g/mol. The molecule has 2 aliphatic rings. The summed E-state index contributed by atoms with van der Waals surface area (Å²) in [7, 11) is 1.89. The van der Waals surface area contributed by atoms with Gasteiger partial charge in [-0.1, -0.05) is 0 Å². The van der Waals surface area contributed by atoms with E-state index < -0.39 is 0 Å². The number of anilines is 2. The van der Waals surface area contributed by atoms with Gasteiger partial charge >= 0.3 is 0 Å². The minimum absolute atomic E-state index is 0.760. The molecule has 0 bridgehead atoms. The summed E-state index contributed by atoms with van der Waals surface area (Å²) in [6, 6.07) is 0. The van der Waals surface area contributed by atoms with Gasteiger partial charge in [0.1, 0.15) is 5.82 Å². The number of hydrogen-bond acceptors (Lipinski definition) is 5. The first-order chi connectivity index (χ1) is 8.88. The molecule has 1 fully saturated rings. The van der Waals surface area contributed by atoms with Crippen LogP contribution >= 0.6 is 0 Å². The number of hydrogen-bond donors (Lipinski definition) is 2. The largest absolute Gasteiger partial charge is 0.357 e. The van der Waals surface area contributed by atoms with Gasteiger partial charge in [-0.15, -0.1) is 0 Å². The van der Waals surface area contributed by atoms with Gasteiger partial charge in [0.15, 0.2) is 0 Å². The molecular weight excluding hydrogens is 226 g/mol. The summed E-state index contributed by atoms with van der Waals surface area (Å²) < 4.78 is 0. The Morgan fingerprint density at radius 3 is 2.78 bits per heavy atom. The second kappa shape index (κ2) is 5.10. The fraction of sp³-hybridized carbons (Fsp3) is 0.692. The SMILES string of the molecule is CNc1nc2c(c(N3CCCCC3)n1)CNCC2. The van der Waals surface area contributed by atoms with Crippen molar-refractivity contribution in [2.24, 2.45) is 0 Å². The normalized spacial score (nSPS) is 19.5. The Bertz CT molecular complexity index is 426. The topological polar surface area (TPSA) is 53.1 Å². The maximum absolute atomic E-state index is 4.69. The summed E-state index contributed by atoms with van der Waals surface area (Å²) in [5, 5.41) is 6.52. The maximum Gasteiger partial charge on any atom is 0.224 e. The van der Waals surface area contributed by atoms with Crippen molar-refractivity contribution >= 4 is 11.8 Å². The molecule has 1 aromatic rings. The molecule has 1 aromatic heterocycles. The maximum atomic E-state index is 4.69. The zero-order chi connectivity index (χ0) is 12.4. The van der Waals surface area contributed by atoms with Crippen molar-refractivity contribution in [2.75, 3.05) is 36.9 Å². The van der Waals surface area contributed by atoms with Crippen molar-refractivity contribution in [2.45, 2.75) is 32.2 Å². The van der Waals surface area contributed by atoms with E-state index in [1.54, 1.807) is 0 Å².